The Morgan fingerprint density at radius 3 is 2.75 bits per heavy atom. The second kappa shape index (κ2) is 6.70. The van der Waals surface area contributed by atoms with E-state index in [1.165, 1.54) is 18.2 Å². The number of benzene rings is 1. The molecule has 1 aromatic rings. The number of guanidine groups is 1. The molecule has 0 spiro atoms. The van der Waals surface area contributed by atoms with Crippen molar-refractivity contribution in [2.75, 3.05) is 12.8 Å². The Hall–Kier alpha value is -0.900. The molecule has 1 aromatic carbocycles. The maximum Gasteiger partial charge on any atom is 0.191 e. The van der Waals surface area contributed by atoms with Gasteiger partial charge >= 0.3 is 0 Å². The molecule has 0 radical (unpaired) electrons. The lowest BCUT2D eigenvalue weighted by molar-refractivity contribution is 0.594. The largest absolute Gasteiger partial charge is 0.352 e. The summed E-state index contributed by atoms with van der Waals surface area (Å²) in [4.78, 5) is 4.30. The fraction of sp³-hybridized carbons (Fsp3) is 0.417. The van der Waals surface area contributed by atoms with E-state index in [4.69, 9.17) is 0 Å². The van der Waals surface area contributed by atoms with Crippen molar-refractivity contribution < 1.29 is 12.8 Å². The molecule has 1 heterocycles. The van der Waals surface area contributed by atoms with E-state index in [1.54, 1.807) is 0 Å². The van der Waals surface area contributed by atoms with Gasteiger partial charge in [-0.1, -0.05) is 0 Å². The van der Waals surface area contributed by atoms with E-state index < -0.39 is 15.7 Å². The predicted octanol–water partition coefficient (Wildman–Crippen LogP) is 1.28. The number of nitrogens with one attached hydrogen (secondary N) is 2. The SMILES string of the molecule is CC1CN=C(NCc2cc(S(C)(=O)=O)ccc2F)N1.I. The van der Waals surface area contributed by atoms with E-state index in [9.17, 15) is 12.8 Å². The van der Waals surface area contributed by atoms with Crippen molar-refractivity contribution in [1.82, 2.24) is 10.6 Å². The third-order valence-electron chi connectivity index (χ3n) is 2.80. The van der Waals surface area contributed by atoms with Gasteiger partial charge in [0, 0.05) is 24.4 Å². The summed E-state index contributed by atoms with van der Waals surface area (Å²) in [5.74, 6) is 0.170. The minimum Gasteiger partial charge on any atom is -0.352 e. The van der Waals surface area contributed by atoms with Crippen LogP contribution in [0.3, 0.4) is 0 Å². The summed E-state index contributed by atoms with van der Waals surface area (Å²) in [6.07, 6.45) is 1.10. The summed E-state index contributed by atoms with van der Waals surface area (Å²) in [7, 11) is -3.33. The zero-order valence-electron chi connectivity index (χ0n) is 11.2. The van der Waals surface area contributed by atoms with Crippen molar-refractivity contribution >= 4 is 39.8 Å². The van der Waals surface area contributed by atoms with Crippen LogP contribution in [0.15, 0.2) is 28.1 Å². The molecular formula is C12H17FIN3O2S. The maximum absolute atomic E-state index is 13.6. The first-order chi connectivity index (χ1) is 8.86. The topological polar surface area (TPSA) is 70.6 Å². The zero-order valence-corrected chi connectivity index (χ0v) is 14.3. The van der Waals surface area contributed by atoms with Crippen molar-refractivity contribution in [2.45, 2.75) is 24.4 Å². The van der Waals surface area contributed by atoms with E-state index in [1.807, 2.05) is 6.92 Å². The molecule has 0 aliphatic carbocycles. The van der Waals surface area contributed by atoms with Gasteiger partial charge in [-0.25, -0.2) is 12.8 Å². The van der Waals surface area contributed by atoms with Crippen molar-refractivity contribution in [3.05, 3.63) is 29.6 Å². The molecule has 5 nitrogen and oxygen atoms in total. The summed E-state index contributed by atoms with van der Waals surface area (Å²) in [6, 6.07) is 4.03. The molecular weight excluding hydrogens is 396 g/mol. The average Bonchev–Trinajstić information content (AvgIpc) is 2.72. The molecule has 1 aliphatic heterocycles. The number of rotatable bonds is 3. The summed E-state index contributed by atoms with van der Waals surface area (Å²) in [5.41, 5.74) is 0.298. The number of hydrogen-bond acceptors (Lipinski definition) is 5. The minimum atomic E-state index is -3.33. The number of sulfone groups is 1. The van der Waals surface area contributed by atoms with Crippen LogP contribution >= 0.6 is 24.0 Å². The first kappa shape index (κ1) is 17.2. The molecule has 0 aromatic heterocycles. The summed E-state index contributed by atoms with van der Waals surface area (Å²) in [6.45, 7) is 2.85. The third kappa shape index (κ3) is 4.30. The Bertz CT molecular complexity index is 619. The Kier molecular flexibility index (Phi) is 5.75. The van der Waals surface area contributed by atoms with E-state index in [0.717, 1.165) is 6.26 Å². The lowest BCUT2D eigenvalue weighted by Gasteiger charge is -2.10. The molecule has 20 heavy (non-hydrogen) atoms. The van der Waals surface area contributed by atoms with Crippen LogP contribution in [-0.2, 0) is 16.4 Å². The van der Waals surface area contributed by atoms with Gasteiger partial charge in [0.1, 0.15) is 5.82 Å². The Morgan fingerprint density at radius 1 is 1.50 bits per heavy atom. The van der Waals surface area contributed by atoms with Crippen LogP contribution in [0, 0.1) is 5.82 Å². The van der Waals surface area contributed by atoms with Gasteiger partial charge in [0.2, 0.25) is 0 Å². The van der Waals surface area contributed by atoms with Crippen LogP contribution in [0.2, 0.25) is 0 Å². The van der Waals surface area contributed by atoms with Gasteiger partial charge in [0.05, 0.1) is 11.4 Å². The smallest absolute Gasteiger partial charge is 0.191 e. The van der Waals surface area contributed by atoms with Crippen molar-refractivity contribution in [3.63, 3.8) is 0 Å². The first-order valence-electron chi connectivity index (χ1n) is 5.89. The fourth-order valence-corrected chi connectivity index (χ4v) is 2.43. The lowest BCUT2D eigenvalue weighted by atomic mass is 10.2. The van der Waals surface area contributed by atoms with Crippen molar-refractivity contribution in [1.29, 1.82) is 0 Å². The molecule has 0 saturated heterocycles. The number of nitrogens with zero attached hydrogens (tertiary/aromatic N) is 1. The Morgan fingerprint density at radius 2 is 2.20 bits per heavy atom. The molecule has 2 rings (SSSR count). The number of hydrogen-bond donors (Lipinski definition) is 2. The second-order valence-corrected chi connectivity index (χ2v) is 6.63. The molecule has 8 heteroatoms. The van der Waals surface area contributed by atoms with Crippen LogP contribution in [0.5, 0.6) is 0 Å². The van der Waals surface area contributed by atoms with Crippen molar-refractivity contribution in [3.8, 4) is 0 Å². The van der Waals surface area contributed by atoms with Gasteiger partial charge in [-0.05, 0) is 25.1 Å². The quantitative estimate of drug-likeness (QED) is 0.579. The van der Waals surface area contributed by atoms with Crippen LogP contribution in [0.4, 0.5) is 4.39 Å². The number of halogens is 2. The minimum absolute atomic E-state index is 0. The molecule has 1 aliphatic rings. The van der Waals surface area contributed by atoms with Gasteiger partial charge in [-0.2, -0.15) is 0 Å². The van der Waals surface area contributed by atoms with Crippen molar-refractivity contribution in [2.24, 2.45) is 4.99 Å². The van der Waals surface area contributed by atoms with E-state index in [-0.39, 0.29) is 41.5 Å². The van der Waals surface area contributed by atoms with Gasteiger partial charge in [0.15, 0.2) is 15.8 Å². The predicted molar refractivity (Wildman–Crippen MR) is 86.7 cm³/mol. The van der Waals surface area contributed by atoms with Gasteiger partial charge in [-0.3, -0.25) is 4.99 Å². The molecule has 0 fully saturated rings. The normalized spacial score (nSPS) is 17.9. The highest BCUT2D eigenvalue weighted by Gasteiger charge is 2.14. The molecule has 0 amide bonds. The molecule has 0 bridgehead atoms. The first-order valence-corrected chi connectivity index (χ1v) is 7.79. The highest BCUT2D eigenvalue weighted by atomic mass is 127. The van der Waals surface area contributed by atoms with Gasteiger partial charge in [-0.15, -0.1) is 24.0 Å². The van der Waals surface area contributed by atoms with Crippen LogP contribution in [0.25, 0.3) is 0 Å². The Balaban J connectivity index is 0.00000200. The van der Waals surface area contributed by atoms with Gasteiger partial charge < -0.3 is 10.6 Å². The van der Waals surface area contributed by atoms with Crippen LogP contribution in [0.1, 0.15) is 12.5 Å². The molecule has 1 unspecified atom stereocenters. The molecule has 0 saturated carbocycles. The molecule has 2 N–H and O–H groups in total. The highest BCUT2D eigenvalue weighted by molar-refractivity contribution is 14.0. The second-order valence-electron chi connectivity index (χ2n) is 4.61. The summed E-state index contributed by atoms with van der Waals surface area (Å²) >= 11 is 0. The molecule has 112 valence electrons. The van der Waals surface area contributed by atoms with Gasteiger partial charge in [0.25, 0.3) is 0 Å². The standard InChI is InChI=1S/C12H16FN3O2S.HI/c1-8-6-14-12(16-8)15-7-9-5-10(19(2,17)18)3-4-11(9)13;/h3-5,8H,6-7H2,1-2H3,(H2,14,15,16);1H. The maximum atomic E-state index is 13.6. The third-order valence-corrected chi connectivity index (χ3v) is 3.91. The zero-order chi connectivity index (χ0) is 14.0. The molecule has 1 atom stereocenters. The van der Waals surface area contributed by atoms with E-state index in [0.29, 0.717) is 18.1 Å². The van der Waals surface area contributed by atoms with Crippen LogP contribution in [-0.4, -0.2) is 33.2 Å². The monoisotopic (exact) mass is 413 g/mol. The van der Waals surface area contributed by atoms with E-state index >= 15 is 0 Å². The highest BCUT2D eigenvalue weighted by Crippen LogP contribution is 2.15. The average molecular weight is 413 g/mol. The lowest BCUT2D eigenvalue weighted by Crippen LogP contribution is -2.37. The van der Waals surface area contributed by atoms with Crippen LogP contribution < -0.4 is 10.6 Å². The number of aliphatic imine (C=N–C) groups is 1. The summed E-state index contributed by atoms with van der Waals surface area (Å²) in [5, 5.41) is 6.04. The summed E-state index contributed by atoms with van der Waals surface area (Å²) < 4.78 is 36.5. The van der Waals surface area contributed by atoms with E-state index in [2.05, 4.69) is 15.6 Å². The fourth-order valence-electron chi connectivity index (χ4n) is 1.76. The Labute approximate surface area is 135 Å².